The van der Waals surface area contributed by atoms with Crippen molar-refractivity contribution in [2.45, 2.75) is 13.1 Å². The highest BCUT2D eigenvalue weighted by molar-refractivity contribution is 6.35. The van der Waals surface area contributed by atoms with Crippen molar-refractivity contribution in [3.8, 4) is 22.5 Å². The van der Waals surface area contributed by atoms with E-state index in [1.807, 2.05) is 0 Å². The molecule has 1 aliphatic heterocycles. The summed E-state index contributed by atoms with van der Waals surface area (Å²) in [4.78, 5) is 13.4. The van der Waals surface area contributed by atoms with Crippen LogP contribution < -0.4 is 5.73 Å². The number of nitrogens with zero attached hydrogens (tertiary/aromatic N) is 4. The second-order valence-electron chi connectivity index (χ2n) is 6.69. The minimum atomic E-state index is -0.776. The van der Waals surface area contributed by atoms with Crippen molar-refractivity contribution in [2.75, 3.05) is 12.3 Å². The Bertz CT molecular complexity index is 1170. The molecule has 3 aromatic rings. The van der Waals surface area contributed by atoms with Gasteiger partial charge in [0.2, 0.25) is 5.91 Å². The molecule has 10 heteroatoms. The molecule has 2 aromatic carbocycles. The van der Waals surface area contributed by atoms with Gasteiger partial charge in [-0.3, -0.25) is 4.79 Å². The molecule has 2 heterocycles. The summed E-state index contributed by atoms with van der Waals surface area (Å²) in [7, 11) is 0. The second-order valence-corrected chi connectivity index (χ2v) is 7.50. The number of anilines is 1. The number of nitrogen functional groups attached to an aromatic ring is 1. The fourth-order valence-corrected chi connectivity index (χ4v) is 3.91. The molecule has 0 radical (unpaired) electrons. The molecule has 4 rings (SSSR count). The number of aromatic nitrogens is 3. The van der Waals surface area contributed by atoms with Crippen molar-refractivity contribution in [3.63, 3.8) is 0 Å². The average molecular weight is 450 g/mol. The molecule has 0 atom stereocenters. The van der Waals surface area contributed by atoms with Crippen LogP contribution in [0.15, 0.2) is 36.9 Å². The van der Waals surface area contributed by atoms with E-state index < -0.39 is 11.6 Å². The summed E-state index contributed by atoms with van der Waals surface area (Å²) in [5.41, 5.74) is 5.75. The van der Waals surface area contributed by atoms with Crippen LogP contribution in [0, 0.1) is 11.6 Å². The van der Waals surface area contributed by atoms with Crippen LogP contribution in [0.3, 0.4) is 0 Å². The lowest BCUT2D eigenvalue weighted by Crippen LogP contribution is -2.37. The van der Waals surface area contributed by atoms with Crippen LogP contribution in [0.4, 0.5) is 14.5 Å². The number of carbonyl (C=O) groups excluding carboxylic acids is 1. The monoisotopic (exact) mass is 449 g/mol. The van der Waals surface area contributed by atoms with Gasteiger partial charge in [0.05, 0.1) is 22.3 Å². The molecule has 0 bridgehead atoms. The molecule has 0 saturated carbocycles. The molecular formula is C20H15Cl2F2N5O. The van der Waals surface area contributed by atoms with Gasteiger partial charge < -0.3 is 15.2 Å². The zero-order chi connectivity index (χ0) is 21.6. The minimum Gasteiger partial charge on any atom is -0.397 e. The number of rotatable bonds is 3. The fraction of sp³-hybridized carbons (Fsp3) is 0.150. The van der Waals surface area contributed by atoms with Crippen molar-refractivity contribution in [1.29, 1.82) is 0 Å². The molecule has 0 fully saturated rings. The fourth-order valence-electron chi connectivity index (χ4n) is 3.45. The Hall–Kier alpha value is -2.97. The van der Waals surface area contributed by atoms with Gasteiger partial charge in [-0.15, -0.1) is 10.2 Å². The minimum absolute atomic E-state index is 0.0468. The molecule has 154 valence electrons. The Morgan fingerprint density at radius 1 is 1.10 bits per heavy atom. The van der Waals surface area contributed by atoms with Crippen LogP contribution >= 0.6 is 23.2 Å². The third-order valence-electron chi connectivity index (χ3n) is 4.93. The number of nitrogens with two attached hydrogens (primary N) is 1. The van der Waals surface area contributed by atoms with Crippen LogP contribution in [-0.4, -0.2) is 32.1 Å². The number of amides is 1. The maximum absolute atomic E-state index is 15.1. The van der Waals surface area contributed by atoms with Crippen molar-refractivity contribution in [2.24, 2.45) is 0 Å². The average Bonchev–Trinajstić information content (AvgIpc) is 3.15. The molecule has 1 aliphatic rings. The summed E-state index contributed by atoms with van der Waals surface area (Å²) in [6.45, 7) is 4.60. The Morgan fingerprint density at radius 2 is 1.87 bits per heavy atom. The molecule has 1 aromatic heterocycles. The third kappa shape index (κ3) is 3.32. The first-order valence-corrected chi connectivity index (χ1v) is 9.64. The van der Waals surface area contributed by atoms with Gasteiger partial charge in [-0.1, -0.05) is 29.8 Å². The molecular weight excluding hydrogens is 435 g/mol. The van der Waals surface area contributed by atoms with Gasteiger partial charge in [0, 0.05) is 29.8 Å². The van der Waals surface area contributed by atoms with E-state index in [-0.39, 0.29) is 39.3 Å². The number of hydrogen-bond acceptors (Lipinski definition) is 4. The predicted molar refractivity (Wildman–Crippen MR) is 111 cm³/mol. The number of fused-ring (bicyclic) bond motifs is 1. The van der Waals surface area contributed by atoms with Crippen LogP contribution in [0.25, 0.3) is 22.5 Å². The van der Waals surface area contributed by atoms with Crippen LogP contribution in [-0.2, 0) is 17.9 Å². The molecule has 0 saturated heterocycles. The van der Waals surface area contributed by atoms with Crippen molar-refractivity contribution in [1.82, 2.24) is 19.7 Å². The summed E-state index contributed by atoms with van der Waals surface area (Å²) in [6, 6.07) is 5.06. The molecule has 1 amide bonds. The highest BCUT2D eigenvalue weighted by atomic mass is 35.5. The van der Waals surface area contributed by atoms with Gasteiger partial charge in [0.1, 0.15) is 11.6 Å². The van der Waals surface area contributed by atoms with Gasteiger partial charge in [-0.05, 0) is 30.3 Å². The first-order chi connectivity index (χ1) is 14.3. The molecule has 6 nitrogen and oxygen atoms in total. The van der Waals surface area contributed by atoms with E-state index in [4.69, 9.17) is 28.9 Å². The lowest BCUT2D eigenvalue weighted by atomic mass is 10.00. The highest BCUT2D eigenvalue weighted by Crippen LogP contribution is 2.41. The number of halogens is 4. The standard InChI is InChI=1S/C20H15Cl2F2N5O/c1-2-16(30)28-5-6-29-15(9-28)26-27-20(29)10-7-12(22)17(14(24)8-10)18-13(23)4-3-11(21)19(18)25/h2-4,7-8H,1,5-6,9,25H2. The van der Waals surface area contributed by atoms with Gasteiger partial charge in [-0.25, -0.2) is 8.78 Å². The van der Waals surface area contributed by atoms with Crippen LogP contribution in [0.1, 0.15) is 5.82 Å². The first kappa shape index (κ1) is 20.3. The summed E-state index contributed by atoms with van der Waals surface area (Å²) >= 11 is 12.3. The second kappa shape index (κ2) is 7.70. The summed E-state index contributed by atoms with van der Waals surface area (Å²) < 4.78 is 31.2. The zero-order valence-electron chi connectivity index (χ0n) is 15.5. The topological polar surface area (TPSA) is 77.0 Å². The maximum Gasteiger partial charge on any atom is 0.246 e. The lowest BCUT2D eigenvalue weighted by molar-refractivity contribution is -0.127. The quantitative estimate of drug-likeness (QED) is 0.477. The van der Waals surface area contributed by atoms with E-state index in [0.717, 1.165) is 6.07 Å². The molecule has 30 heavy (non-hydrogen) atoms. The first-order valence-electron chi connectivity index (χ1n) is 8.88. The molecule has 0 aliphatic carbocycles. The van der Waals surface area contributed by atoms with Gasteiger partial charge in [-0.2, -0.15) is 0 Å². The Kier molecular flexibility index (Phi) is 5.21. The van der Waals surface area contributed by atoms with E-state index in [9.17, 15) is 9.18 Å². The van der Waals surface area contributed by atoms with E-state index in [1.165, 1.54) is 24.3 Å². The van der Waals surface area contributed by atoms with Crippen molar-refractivity contribution >= 4 is 34.8 Å². The predicted octanol–water partition coefficient (Wildman–Crippen LogP) is 4.31. The smallest absolute Gasteiger partial charge is 0.246 e. The summed E-state index contributed by atoms with van der Waals surface area (Å²) in [5.74, 6) is -0.774. The number of carbonyl (C=O) groups is 1. The Labute approximate surface area is 180 Å². The van der Waals surface area contributed by atoms with Crippen molar-refractivity contribution in [3.05, 3.63) is 64.4 Å². The van der Waals surface area contributed by atoms with Crippen molar-refractivity contribution < 1.29 is 13.6 Å². The third-order valence-corrected chi connectivity index (χ3v) is 5.56. The van der Waals surface area contributed by atoms with E-state index in [0.29, 0.717) is 30.3 Å². The van der Waals surface area contributed by atoms with Crippen LogP contribution in [0.2, 0.25) is 10.0 Å². The molecule has 2 N–H and O–H groups in total. The van der Waals surface area contributed by atoms with Gasteiger partial charge in [0.25, 0.3) is 0 Å². The lowest BCUT2D eigenvalue weighted by Gasteiger charge is -2.26. The van der Waals surface area contributed by atoms with E-state index >= 15 is 4.39 Å². The highest BCUT2D eigenvalue weighted by Gasteiger charge is 2.26. The van der Waals surface area contributed by atoms with E-state index in [2.05, 4.69) is 16.8 Å². The summed E-state index contributed by atoms with van der Waals surface area (Å²) in [6.07, 6.45) is 1.24. The SMILES string of the molecule is C=CC(=O)N1CCn2c(nnc2-c2cc(F)c(-c3c(F)ccc(Cl)c3N)c(Cl)c2)C1. The summed E-state index contributed by atoms with van der Waals surface area (Å²) in [5, 5.41) is 8.27. The van der Waals surface area contributed by atoms with E-state index in [1.54, 1.807) is 9.47 Å². The molecule has 0 unspecified atom stereocenters. The Morgan fingerprint density at radius 3 is 2.57 bits per heavy atom. The molecule has 0 spiro atoms. The number of benzene rings is 2. The van der Waals surface area contributed by atoms with Crippen LogP contribution in [0.5, 0.6) is 0 Å². The number of hydrogen-bond donors (Lipinski definition) is 1. The van der Waals surface area contributed by atoms with Gasteiger partial charge in [0.15, 0.2) is 11.6 Å². The maximum atomic E-state index is 15.1. The Balaban J connectivity index is 1.77. The normalized spacial score (nSPS) is 13.3. The van der Waals surface area contributed by atoms with Gasteiger partial charge >= 0.3 is 0 Å². The largest absolute Gasteiger partial charge is 0.397 e. The zero-order valence-corrected chi connectivity index (χ0v) is 17.0.